The lowest BCUT2D eigenvalue weighted by Crippen LogP contribution is -2.04. The molecule has 2 rings (SSSR count). The molecule has 0 saturated heterocycles. The van der Waals surface area contributed by atoms with E-state index in [1.54, 1.807) is 6.20 Å². The summed E-state index contributed by atoms with van der Waals surface area (Å²) in [6.45, 7) is -0.118. The minimum Gasteiger partial charge on any atom is -0.476 e. The topological polar surface area (TPSA) is 75.3 Å². The maximum Gasteiger partial charge on any atom is 0.356 e. The smallest absolute Gasteiger partial charge is 0.356 e. The second-order valence-electron chi connectivity index (χ2n) is 3.82. The number of aromatic nitrogens is 2. The maximum absolute atomic E-state index is 11.1. The first-order chi connectivity index (χ1) is 9.02. The number of aromatic carboxylic acids is 1. The minimum atomic E-state index is -1.10. The Labute approximate surface area is 126 Å². The van der Waals surface area contributed by atoms with E-state index in [2.05, 4.69) is 37.0 Å². The predicted molar refractivity (Wildman–Crippen MR) is 76.7 cm³/mol. The van der Waals surface area contributed by atoms with Crippen LogP contribution in [0.4, 0.5) is 0 Å². The molecule has 1 aromatic carbocycles. The first-order valence-electron chi connectivity index (χ1n) is 5.41. The third kappa shape index (κ3) is 3.05. The third-order valence-electron chi connectivity index (χ3n) is 2.53. The van der Waals surface area contributed by atoms with E-state index < -0.39 is 5.97 Å². The number of hydrogen-bond donors (Lipinski definition) is 2. The number of carboxylic acids is 1. The molecule has 0 aliphatic rings. The molecule has 0 spiro atoms. The van der Waals surface area contributed by atoms with Crippen molar-refractivity contribution in [1.82, 2.24) is 9.78 Å². The van der Waals surface area contributed by atoms with Crippen LogP contribution in [0.1, 0.15) is 16.1 Å². The average Bonchev–Trinajstić information content (AvgIpc) is 2.73. The summed E-state index contributed by atoms with van der Waals surface area (Å²) in [6.07, 6.45) is 1.88. The average molecular weight is 390 g/mol. The Balaban J connectivity index is 2.50. The molecule has 0 unspecified atom stereocenters. The molecular weight excluding hydrogens is 380 g/mol. The third-order valence-corrected chi connectivity index (χ3v) is 3.66. The van der Waals surface area contributed by atoms with Gasteiger partial charge in [-0.05, 0) is 40.5 Å². The van der Waals surface area contributed by atoms with Crippen molar-refractivity contribution in [3.63, 3.8) is 0 Å². The van der Waals surface area contributed by atoms with Crippen LogP contribution in [0.2, 0.25) is 0 Å². The molecule has 0 atom stereocenters. The summed E-state index contributed by atoms with van der Waals surface area (Å²) in [7, 11) is 0. The van der Waals surface area contributed by atoms with Crippen molar-refractivity contribution in [1.29, 1.82) is 0 Å². The van der Waals surface area contributed by atoms with Gasteiger partial charge in [0.05, 0.1) is 5.69 Å². The fourth-order valence-corrected chi connectivity index (χ4v) is 2.91. The summed E-state index contributed by atoms with van der Waals surface area (Å²) in [6, 6.07) is 5.51. The predicted octanol–water partition coefficient (Wildman–Crippen LogP) is 2.63. The summed E-state index contributed by atoms with van der Waals surface area (Å²) < 4.78 is 3.19. The highest BCUT2D eigenvalue weighted by Crippen LogP contribution is 2.25. The molecule has 0 bridgehead atoms. The van der Waals surface area contributed by atoms with Gasteiger partial charge in [-0.25, -0.2) is 9.48 Å². The fourth-order valence-electron chi connectivity index (χ4n) is 1.68. The van der Waals surface area contributed by atoms with Gasteiger partial charge in [0.1, 0.15) is 0 Å². The van der Waals surface area contributed by atoms with Crippen molar-refractivity contribution >= 4 is 37.8 Å². The first kappa shape index (κ1) is 14.2. The highest BCUT2D eigenvalue weighted by atomic mass is 79.9. The Morgan fingerprint density at radius 3 is 2.68 bits per heavy atom. The van der Waals surface area contributed by atoms with Crippen LogP contribution in [0.3, 0.4) is 0 Å². The van der Waals surface area contributed by atoms with E-state index in [9.17, 15) is 4.79 Å². The van der Waals surface area contributed by atoms with Crippen LogP contribution in [0.5, 0.6) is 0 Å². The summed E-state index contributed by atoms with van der Waals surface area (Å²) in [4.78, 5) is 11.1. The number of halogens is 2. The lowest BCUT2D eigenvalue weighted by molar-refractivity contribution is 0.0688. The summed E-state index contributed by atoms with van der Waals surface area (Å²) in [5.74, 6) is -1.10. The zero-order valence-corrected chi connectivity index (χ0v) is 12.8. The maximum atomic E-state index is 11.1. The molecule has 5 nitrogen and oxygen atoms in total. The standard InChI is InChI=1S/C12H10Br2N2O3/c13-8-1-2-10(9(14)5-8)16-6-7(3-4-17)11(15-16)12(18)19/h1-2,5-6,17H,3-4H2,(H,18,19). The molecular formula is C12H10Br2N2O3. The Kier molecular flexibility index (Phi) is 4.38. The summed E-state index contributed by atoms with van der Waals surface area (Å²) in [5.41, 5.74) is 1.20. The highest BCUT2D eigenvalue weighted by Gasteiger charge is 2.16. The number of nitrogens with zero attached hydrogens (tertiary/aromatic N) is 2. The van der Waals surface area contributed by atoms with Crippen LogP contribution in [0.15, 0.2) is 33.3 Å². The van der Waals surface area contributed by atoms with Gasteiger partial charge in [0.25, 0.3) is 0 Å². The molecule has 7 heteroatoms. The van der Waals surface area contributed by atoms with Gasteiger partial charge in [-0.1, -0.05) is 15.9 Å². The molecule has 0 amide bonds. The Hall–Kier alpha value is -1.18. The second-order valence-corrected chi connectivity index (χ2v) is 5.59. The molecule has 2 aromatic rings. The van der Waals surface area contributed by atoms with Gasteiger partial charge in [-0.2, -0.15) is 5.10 Å². The van der Waals surface area contributed by atoms with Crippen molar-refractivity contribution in [2.24, 2.45) is 0 Å². The summed E-state index contributed by atoms with van der Waals surface area (Å²) in [5, 5.41) is 22.1. The molecule has 0 aliphatic carbocycles. The molecule has 0 saturated carbocycles. The Bertz CT molecular complexity index is 625. The van der Waals surface area contributed by atoms with Crippen LogP contribution in [-0.4, -0.2) is 32.6 Å². The van der Waals surface area contributed by atoms with Crippen LogP contribution >= 0.6 is 31.9 Å². The summed E-state index contributed by atoms with van der Waals surface area (Å²) >= 11 is 6.76. The number of carbonyl (C=O) groups is 1. The van der Waals surface area contributed by atoms with Gasteiger partial charge in [-0.3, -0.25) is 0 Å². The van der Waals surface area contributed by atoms with E-state index in [-0.39, 0.29) is 18.7 Å². The number of rotatable bonds is 4. The zero-order chi connectivity index (χ0) is 14.0. The van der Waals surface area contributed by atoms with Crippen molar-refractivity contribution in [2.75, 3.05) is 6.61 Å². The first-order valence-corrected chi connectivity index (χ1v) is 6.99. The van der Waals surface area contributed by atoms with Crippen molar-refractivity contribution in [2.45, 2.75) is 6.42 Å². The van der Waals surface area contributed by atoms with E-state index in [0.29, 0.717) is 5.56 Å². The van der Waals surface area contributed by atoms with Crippen molar-refractivity contribution in [3.05, 3.63) is 44.6 Å². The zero-order valence-electron chi connectivity index (χ0n) is 9.68. The molecule has 0 fully saturated rings. The van der Waals surface area contributed by atoms with Crippen molar-refractivity contribution < 1.29 is 15.0 Å². The van der Waals surface area contributed by atoms with Gasteiger partial charge < -0.3 is 10.2 Å². The molecule has 1 aromatic heterocycles. The van der Waals surface area contributed by atoms with E-state index >= 15 is 0 Å². The van der Waals surface area contributed by atoms with E-state index in [1.165, 1.54) is 4.68 Å². The Morgan fingerprint density at radius 1 is 1.37 bits per heavy atom. The monoisotopic (exact) mass is 388 g/mol. The highest BCUT2D eigenvalue weighted by molar-refractivity contribution is 9.11. The van der Waals surface area contributed by atoms with Crippen LogP contribution in [-0.2, 0) is 6.42 Å². The van der Waals surface area contributed by atoms with E-state index in [4.69, 9.17) is 10.2 Å². The SMILES string of the molecule is O=C(O)c1nn(-c2ccc(Br)cc2Br)cc1CCO. The number of benzene rings is 1. The van der Waals surface area contributed by atoms with Crippen LogP contribution in [0, 0.1) is 0 Å². The number of aliphatic hydroxyl groups excluding tert-OH is 1. The fraction of sp³-hybridized carbons (Fsp3) is 0.167. The minimum absolute atomic E-state index is 0.0381. The van der Waals surface area contributed by atoms with E-state index in [0.717, 1.165) is 14.6 Å². The quantitative estimate of drug-likeness (QED) is 0.842. The second kappa shape index (κ2) is 5.85. The number of aliphatic hydroxyl groups is 1. The van der Waals surface area contributed by atoms with Gasteiger partial charge in [0.2, 0.25) is 0 Å². The van der Waals surface area contributed by atoms with Gasteiger partial charge >= 0.3 is 5.97 Å². The van der Waals surface area contributed by atoms with E-state index in [1.807, 2.05) is 18.2 Å². The number of carboxylic acid groups (broad SMARTS) is 1. The molecule has 0 radical (unpaired) electrons. The van der Waals surface area contributed by atoms with Crippen molar-refractivity contribution in [3.8, 4) is 5.69 Å². The number of hydrogen-bond acceptors (Lipinski definition) is 3. The largest absolute Gasteiger partial charge is 0.476 e. The van der Waals surface area contributed by atoms with Gasteiger partial charge in [-0.15, -0.1) is 0 Å². The Morgan fingerprint density at radius 2 is 2.11 bits per heavy atom. The van der Waals surface area contributed by atoms with Crippen LogP contribution in [0.25, 0.3) is 5.69 Å². The van der Waals surface area contributed by atoms with Gasteiger partial charge in [0, 0.05) is 27.3 Å². The molecule has 1 heterocycles. The molecule has 0 aliphatic heterocycles. The normalized spacial score (nSPS) is 10.7. The van der Waals surface area contributed by atoms with Gasteiger partial charge in [0.15, 0.2) is 5.69 Å². The lowest BCUT2D eigenvalue weighted by atomic mass is 10.2. The molecule has 100 valence electrons. The lowest BCUT2D eigenvalue weighted by Gasteiger charge is -2.04. The molecule has 2 N–H and O–H groups in total. The van der Waals surface area contributed by atoms with Crippen LogP contribution < -0.4 is 0 Å². The molecule has 19 heavy (non-hydrogen) atoms.